The molecular formula is C15H16FN5O. The summed E-state index contributed by atoms with van der Waals surface area (Å²) in [6.45, 7) is 3.89. The number of nitrogens with one attached hydrogen (secondary N) is 1. The Labute approximate surface area is 127 Å². The van der Waals surface area contributed by atoms with Crippen LogP contribution >= 0.6 is 0 Å². The molecule has 0 aliphatic rings. The van der Waals surface area contributed by atoms with E-state index in [0.717, 1.165) is 5.56 Å². The molecule has 0 saturated heterocycles. The van der Waals surface area contributed by atoms with E-state index in [1.165, 1.54) is 23.0 Å². The van der Waals surface area contributed by atoms with Gasteiger partial charge in [-0.2, -0.15) is 5.26 Å². The van der Waals surface area contributed by atoms with Crippen LogP contribution in [-0.4, -0.2) is 20.7 Å². The van der Waals surface area contributed by atoms with E-state index in [0.29, 0.717) is 0 Å². The van der Waals surface area contributed by atoms with Gasteiger partial charge in [0.1, 0.15) is 24.8 Å². The van der Waals surface area contributed by atoms with Gasteiger partial charge in [-0.25, -0.2) is 4.39 Å². The zero-order valence-corrected chi connectivity index (χ0v) is 12.3. The number of aromatic nitrogens is 3. The summed E-state index contributed by atoms with van der Waals surface area (Å²) in [7, 11) is 0. The maximum Gasteiger partial charge on any atom is 0.240 e. The van der Waals surface area contributed by atoms with E-state index in [1.807, 2.05) is 19.9 Å². The standard InChI is InChI=1S/C15H16FN5O/c1-10(2)15(11-3-5-12(16)6-4-11)19-14(22)8-21-9-18-20-13(21)7-17/h3-6,9-10,15H,8H2,1-2H3,(H,19,22). The first-order valence-corrected chi connectivity index (χ1v) is 6.84. The highest BCUT2D eigenvalue weighted by Crippen LogP contribution is 2.21. The molecule has 7 heteroatoms. The smallest absolute Gasteiger partial charge is 0.240 e. The fourth-order valence-corrected chi connectivity index (χ4v) is 2.14. The van der Waals surface area contributed by atoms with Gasteiger partial charge in [0.05, 0.1) is 6.04 Å². The predicted molar refractivity (Wildman–Crippen MR) is 76.9 cm³/mol. The van der Waals surface area contributed by atoms with Crippen LogP contribution in [0.2, 0.25) is 0 Å². The van der Waals surface area contributed by atoms with E-state index in [2.05, 4.69) is 15.5 Å². The van der Waals surface area contributed by atoms with Crippen LogP contribution in [0.4, 0.5) is 4.39 Å². The normalized spacial score (nSPS) is 12.0. The lowest BCUT2D eigenvalue weighted by Gasteiger charge is -2.23. The number of hydrogen-bond donors (Lipinski definition) is 1. The van der Waals surface area contributed by atoms with Gasteiger partial charge < -0.3 is 5.32 Å². The molecule has 2 aromatic rings. The predicted octanol–water partition coefficient (Wildman–Crippen LogP) is 1.80. The van der Waals surface area contributed by atoms with Gasteiger partial charge in [0.15, 0.2) is 0 Å². The lowest BCUT2D eigenvalue weighted by atomic mass is 9.96. The number of halogens is 1. The SMILES string of the molecule is CC(C)C(NC(=O)Cn1cnnc1C#N)c1ccc(F)cc1. The largest absolute Gasteiger partial charge is 0.347 e. The van der Waals surface area contributed by atoms with E-state index < -0.39 is 0 Å². The molecule has 1 amide bonds. The van der Waals surface area contributed by atoms with E-state index >= 15 is 0 Å². The summed E-state index contributed by atoms with van der Waals surface area (Å²) < 4.78 is 14.4. The summed E-state index contributed by atoms with van der Waals surface area (Å²) >= 11 is 0. The Hall–Kier alpha value is -2.75. The molecular weight excluding hydrogens is 285 g/mol. The van der Waals surface area contributed by atoms with Crippen LogP contribution in [0.5, 0.6) is 0 Å². The molecule has 1 N–H and O–H groups in total. The first-order chi connectivity index (χ1) is 10.5. The Morgan fingerprint density at radius 2 is 2.09 bits per heavy atom. The third-order valence-electron chi connectivity index (χ3n) is 3.24. The average Bonchev–Trinajstić information content (AvgIpc) is 2.92. The van der Waals surface area contributed by atoms with Crippen LogP contribution < -0.4 is 5.32 Å². The minimum absolute atomic E-state index is 0.0414. The Kier molecular flexibility index (Phi) is 4.84. The second-order valence-electron chi connectivity index (χ2n) is 5.24. The summed E-state index contributed by atoms with van der Waals surface area (Å²) in [4.78, 5) is 12.2. The number of benzene rings is 1. The maximum absolute atomic E-state index is 13.0. The summed E-state index contributed by atoms with van der Waals surface area (Å²) in [6, 6.07) is 7.66. The van der Waals surface area contributed by atoms with Gasteiger partial charge in [0.2, 0.25) is 11.7 Å². The van der Waals surface area contributed by atoms with Crippen LogP contribution in [0.25, 0.3) is 0 Å². The van der Waals surface area contributed by atoms with Crippen LogP contribution in [0.1, 0.15) is 31.3 Å². The van der Waals surface area contributed by atoms with Crippen LogP contribution in [0.15, 0.2) is 30.6 Å². The fraction of sp³-hybridized carbons (Fsp3) is 0.333. The molecule has 1 aromatic carbocycles. The van der Waals surface area contributed by atoms with Crippen molar-refractivity contribution < 1.29 is 9.18 Å². The molecule has 22 heavy (non-hydrogen) atoms. The molecule has 1 aromatic heterocycles. The Bertz CT molecular complexity index is 687. The molecule has 2 rings (SSSR count). The van der Waals surface area contributed by atoms with Gasteiger partial charge in [0, 0.05) is 0 Å². The van der Waals surface area contributed by atoms with Gasteiger partial charge in [0.25, 0.3) is 0 Å². The number of rotatable bonds is 5. The van der Waals surface area contributed by atoms with Gasteiger partial charge in [-0.3, -0.25) is 9.36 Å². The third kappa shape index (κ3) is 3.67. The van der Waals surface area contributed by atoms with E-state index in [-0.39, 0.29) is 36.1 Å². The molecule has 1 unspecified atom stereocenters. The quantitative estimate of drug-likeness (QED) is 0.912. The Morgan fingerprint density at radius 1 is 1.41 bits per heavy atom. The Balaban J connectivity index is 2.10. The highest BCUT2D eigenvalue weighted by atomic mass is 19.1. The summed E-state index contributed by atoms with van der Waals surface area (Å²) in [6.07, 6.45) is 1.33. The first kappa shape index (κ1) is 15.6. The van der Waals surface area contributed by atoms with Crippen LogP contribution in [-0.2, 0) is 11.3 Å². The van der Waals surface area contributed by atoms with Crippen molar-refractivity contribution in [3.63, 3.8) is 0 Å². The maximum atomic E-state index is 13.0. The molecule has 0 spiro atoms. The number of carbonyl (C=O) groups is 1. The summed E-state index contributed by atoms with van der Waals surface area (Å²) in [5.41, 5.74) is 0.828. The van der Waals surface area contributed by atoms with Gasteiger partial charge in [-0.05, 0) is 23.6 Å². The monoisotopic (exact) mass is 301 g/mol. The average molecular weight is 301 g/mol. The van der Waals surface area contributed by atoms with Gasteiger partial charge in [-0.15, -0.1) is 10.2 Å². The molecule has 0 aliphatic carbocycles. The number of hydrogen-bond acceptors (Lipinski definition) is 4. The second-order valence-corrected chi connectivity index (χ2v) is 5.24. The third-order valence-corrected chi connectivity index (χ3v) is 3.24. The van der Waals surface area contributed by atoms with Crippen molar-refractivity contribution in [1.82, 2.24) is 20.1 Å². The zero-order valence-electron chi connectivity index (χ0n) is 12.3. The molecule has 0 aliphatic heterocycles. The van der Waals surface area contributed by atoms with Gasteiger partial charge in [-0.1, -0.05) is 26.0 Å². The van der Waals surface area contributed by atoms with Crippen molar-refractivity contribution in [1.29, 1.82) is 5.26 Å². The Morgan fingerprint density at radius 3 is 2.68 bits per heavy atom. The molecule has 1 atom stereocenters. The van der Waals surface area contributed by atoms with Crippen molar-refractivity contribution >= 4 is 5.91 Å². The molecule has 0 bridgehead atoms. The van der Waals surface area contributed by atoms with Gasteiger partial charge >= 0.3 is 0 Å². The van der Waals surface area contributed by atoms with E-state index in [4.69, 9.17) is 5.26 Å². The van der Waals surface area contributed by atoms with E-state index in [9.17, 15) is 9.18 Å². The lowest BCUT2D eigenvalue weighted by molar-refractivity contribution is -0.122. The second kappa shape index (κ2) is 6.80. The lowest BCUT2D eigenvalue weighted by Crippen LogP contribution is -2.34. The number of carbonyl (C=O) groups excluding carboxylic acids is 1. The fourth-order valence-electron chi connectivity index (χ4n) is 2.14. The molecule has 1 heterocycles. The molecule has 0 saturated carbocycles. The van der Waals surface area contributed by atoms with E-state index in [1.54, 1.807) is 12.1 Å². The van der Waals surface area contributed by atoms with Crippen molar-refractivity contribution in [3.05, 3.63) is 47.8 Å². The summed E-state index contributed by atoms with van der Waals surface area (Å²) in [5.74, 6) is -0.371. The topological polar surface area (TPSA) is 83.6 Å². The highest BCUT2D eigenvalue weighted by Gasteiger charge is 2.19. The molecule has 0 radical (unpaired) electrons. The number of amides is 1. The van der Waals surface area contributed by atoms with Crippen LogP contribution in [0.3, 0.4) is 0 Å². The van der Waals surface area contributed by atoms with Crippen molar-refractivity contribution in [2.45, 2.75) is 26.4 Å². The van der Waals surface area contributed by atoms with Crippen molar-refractivity contribution in [2.24, 2.45) is 5.92 Å². The first-order valence-electron chi connectivity index (χ1n) is 6.84. The van der Waals surface area contributed by atoms with Crippen LogP contribution in [0, 0.1) is 23.1 Å². The number of nitriles is 1. The molecule has 0 fully saturated rings. The van der Waals surface area contributed by atoms with Crippen molar-refractivity contribution in [3.8, 4) is 6.07 Å². The zero-order chi connectivity index (χ0) is 16.1. The minimum Gasteiger partial charge on any atom is -0.347 e. The minimum atomic E-state index is -0.319. The summed E-state index contributed by atoms with van der Waals surface area (Å²) in [5, 5.41) is 18.9. The number of nitrogens with zero attached hydrogens (tertiary/aromatic N) is 4. The molecule has 114 valence electrons. The molecule has 6 nitrogen and oxygen atoms in total. The highest BCUT2D eigenvalue weighted by molar-refractivity contribution is 5.76. The van der Waals surface area contributed by atoms with Crippen molar-refractivity contribution in [2.75, 3.05) is 0 Å².